The summed E-state index contributed by atoms with van der Waals surface area (Å²) in [4.78, 5) is 27.3. The Balaban J connectivity index is 1.85. The molecule has 0 radical (unpaired) electrons. The van der Waals surface area contributed by atoms with Crippen LogP contribution >= 0.6 is 11.6 Å². The van der Waals surface area contributed by atoms with Crippen molar-refractivity contribution < 1.29 is 18.4 Å². The average molecular weight is 411 g/mol. The van der Waals surface area contributed by atoms with Crippen LogP contribution in [0.25, 0.3) is 5.57 Å². The Bertz CT molecular complexity index is 1160. The quantitative estimate of drug-likeness (QED) is 0.615. The maximum absolute atomic E-state index is 13.6. The number of imide groups is 1. The van der Waals surface area contributed by atoms with Crippen molar-refractivity contribution in [2.24, 2.45) is 0 Å². The number of nitrogens with one attached hydrogen (secondary N) is 1. The van der Waals surface area contributed by atoms with Crippen molar-refractivity contribution >= 4 is 40.4 Å². The van der Waals surface area contributed by atoms with Crippen LogP contribution in [0.1, 0.15) is 5.56 Å². The summed E-state index contributed by atoms with van der Waals surface area (Å²) in [6.07, 6.45) is 0. The summed E-state index contributed by atoms with van der Waals surface area (Å²) in [5.41, 5.74) is 0.853. The fraction of sp³-hybridized carbons (Fsp3) is 0. The third kappa shape index (κ3) is 3.50. The van der Waals surface area contributed by atoms with Crippen LogP contribution in [0.15, 0.2) is 78.5 Å². The summed E-state index contributed by atoms with van der Waals surface area (Å²) in [5, 5.41) is 3.06. The van der Waals surface area contributed by atoms with Crippen LogP contribution in [0.4, 0.5) is 20.2 Å². The Kier molecular flexibility index (Phi) is 4.86. The number of amides is 2. The first kappa shape index (κ1) is 18.8. The lowest BCUT2D eigenvalue weighted by molar-refractivity contribution is -0.120. The predicted molar refractivity (Wildman–Crippen MR) is 107 cm³/mol. The van der Waals surface area contributed by atoms with E-state index in [9.17, 15) is 18.4 Å². The summed E-state index contributed by atoms with van der Waals surface area (Å²) < 4.78 is 27.0. The number of benzene rings is 3. The van der Waals surface area contributed by atoms with Crippen LogP contribution in [0.5, 0.6) is 0 Å². The molecule has 0 saturated heterocycles. The number of carbonyl (C=O) groups is 2. The Hall–Kier alpha value is -3.51. The van der Waals surface area contributed by atoms with Gasteiger partial charge in [0, 0.05) is 5.69 Å². The second-order valence-corrected chi connectivity index (χ2v) is 6.70. The van der Waals surface area contributed by atoms with Gasteiger partial charge in [-0.1, -0.05) is 41.9 Å². The minimum Gasteiger partial charge on any atom is -0.350 e. The minimum atomic E-state index is -0.647. The topological polar surface area (TPSA) is 49.4 Å². The van der Waals surface area contributed by atoms with E-state index in [2.05, 4.69) is 5.32 Å². The van der Waals surface area contributed by atoms with E-state index in [1.54, 1.807) is 30.3 Å². The fourth-order valence-corrected chi connectivity index (χ4v) is 3.31. The van der Waals surface area contributed by atoms with E-state index < -0.39 is 23.4 Å². The zero-order valence-corrected chi connectivity index (χ0v) is 15.6. The molecule has 0 bridgehead atoms. The highest BCUT2D eigenvalue weighted by Gasteiger charge is 2.41. The van der Waals surface area contributed by atoms with Gasteiger partial charge in [-0.2, -0.15) is 0 Å². The first-order chi connectivity index (χ1) is 14.0. The van der Waals surface area contributed by atoms with Gasteiger partial charge in [-0.25, -0.2) is 13.7 Å². The molecule has 0 saturated carbocycles. The van der Waals surface area contributed by atoms with E-state index in [4.69, 9.17) is 11.6 Å². The van der Waals surface area contributed by atoms with Gasteiger partial charge < -0.3 is 5.32 Å². The van der Waals surface area contributed by atoms with Crippen molar-refractivity contribution in [2.45, 2.75) is 0 Å². The Morgan fingerprint density at radius 1 is 0.793 bits per heavy atom. The molecule has 0 aliphatic carbocycles. The minimum absolute atomic E-state index is 0.0409. The number of para-hydroxylation sites is 1. The highest BCUT2D eigenvalue weighted by molar-refractivity contribution is 6.48. The third-order valence-electron chi connectivity index (χ3n) is 4.40. The first-order valence-electron chi connectivity index (χ1n) is 8.62. The van der Waals surface area contributed by atoms with Gasteiger partial charge in [0.1, 0.15) is 17.3 Å². The molecule has 3 aromatic rings. The number of carbonyl (C=O) groups excluding carboxylic acids is 2. The molecule has 3 aromatic carbocycles. The van der Waals surface area contributed by atoms with E-state index in [1.807, 2.05) is 0 Å². The van der Waals surface area contributed by atoms with Crippen molar-refractivity contribution in [3.63, 3.8) is 0 Å². The monoisotopic (exact) mass is 410 g/mol. The van der Waals surface area contributed by atoms with Crippen molar-refractivity contribution in [2.75, 3.05) is 10.2 Å². The Morgan fingerprint density at radius 3 is 2.21 bits per heavy atom. The molecule has 1 N–H and O–H groups in total. The number of nitrogens with zero attached hydrogens (tertiary/aromatic N) is 1. The molecule has 29 heavy (non-hydrogen) atoms. The van der Waals surface area contributed by atoms with Gasteiger partial charge in [-0.3, -0.25) is 9.59 Å². The van der Waals surface area contributed by atoms with Gasteiger partial charge in [0.2, 0.25) is 0 Å². The molecular weight excluding hydrogens is 398 g/mol. The number of hydrogen-bond acceptors (Lipinski definition) is 3. The van der Waals surface area contributed by atoms with Crippen molar-refractivity contribution in [3.8, 4) is 0 Å². The molecule has 2 amide bonds. The second kappa shape index (κ2) is 7.48. The molecule has 4 rings (SSSR count). The summed E-state index contributed by atoms with van der Waals surface area (Å²) in [6, 6.07) is 17.1. The lowest BCUT2D eigenvalue weighted by atomic mass is 10.0. The molecule has 1 heterocycles. The number of halogens is 3. The maximum atomic E-state index is 13.6. The summed E-state index contributed by atoms with van der Waals surface area (Å²) in [7, 11) is 0. The van der Waals surface area contributed by atoms with E-state index in [0.29, 0.717) is 11.3 Å². The van der Waals surface area contributed by atoms with Crippen LogP contribution in [-0.2, 0) is 9.59 Å². The van der Waals surface area contributed by atoms with Gasteiger partial charge in [0.15, 0.2) is 0 Å². The molecule has 0 unspecified atom stereocenters. The highest BCUT2D eigenvalue weighted by Crippen LogP contribution is 2.36. The van der Waals surface area contributed by atoms with Gasteiger partial charge in [0.05, 0.1) is 16.3 Å². The van der Waals surface area contributed by atoms with Gasteiger partial charge in [-0.05, 0) is 48.0 Å². The molecule has 7 heteroatoms. The van der Waals surface area contributed by atoms with E-state index in [0.717, 1.165) is 4.90 Å². The van der Waals surface area contributed by atoms with Crippen LogP contribution in [0.2, 0.25) is 5.02 Å². The zero-order chi connectivity index (χ0) is 20.5. The van der Waals surface area contributed by atoms with Crippen molar-refractivity contribution in [1.29, 1.82) is 0 Å². The first-order valence-corrected chi connectivity index (χ1v) is 8.99. The number of anilines is 2. The van der Waals surface area contributed by atoms with Crippen LogP contribution in [-0.4, -0.2) is 11.8 Å². The number of rotatable bonds is 4. The molecule has 0 atom stereocenters. The predicted octanol–water partition coefficient (Wildman–Crippen LogP) is 5.01. The molecule has 0 aromatic heterocycles. The maximum Gasteiger partial charge on any atom is 0.282 e. The standard InChI is InChI=1S/C22H13ClF2N2O2/c23-17-6-1-2-7-18(17)27-21(28)19(13-8-10-14(24)11-9-13)20(22(27)29)26-16-5-3-4-15(25)12-16/h1-12,26H. The van der Waals surface area contributed by atoms with Gasteiger partial charge in [0.25, 0.3) is 11.8 Å². The lowest BCUT2D eigenvalue weighted by Crippen LogP contribution is -2.32. The zero-order valence-electron chi connectivity index (χ0n) is 14.8. The van der Waals surface area contributed by atoms with Crippen molar-refractivity contribution in [3.05, 3.63) is 101 Å². The second-order valence-electron chi connectivity index (χ2n) is 6.29. The van der Waals surface area contributed by atoms with E-state index >= 15 is 0 Å². The Morgan fingerprint density at radius 2 is 1.52 bits per heavy atom. The molecule has 0 fully saturated rings. The summed E-state index contributed by atoms with van der Waals surface area (Å²) in [5.74, 6) is -2.24. The smallest absolute Gasteiger partial charge is 0.282 e. The molecule has 144 valence electrons. The average Bonchev–Trinajstić information content (AvgIpc) is 2.93. The molecule has 1 aliphatic heterocycles. The largest absolute Gasteiger partial charge is 0.350 e. The third-order valence-corrected chi connectivity index (χ3v) is 4.72. The SMILES string of the molecule is O=C1C(Nc2cccc(F)c2)=C(c2ccc(F)cc2)C(=O)N1c1ccccc1Cl. The van der Waals surface area contributed by atoms with Gasteiger partial charge in [-0.15, -0.1) is 0 Å². The fourth-order valence-electron chi connectivity index (χ4n) is 3.09. The highest BCUT2D eigenvalue weighted by atomic mass is 35.5. The molecule has 4 nitrogen and oxygen atoms in total. The normalized spacial score (nSPS) is 14.0. The summed E-state index contributed by atoms with van der Waals surface area (Å²) >= 11 is 6.19. The van der Waals surface area contributed by atoms with E-state index in [-0.39, 0.29) is 22.0 Å². The van der Waals surface area contributed by atoms with Crippen LogP contribution in [0.3, 0.4) is 0 Å². The van der Waals surface area contributed by atoms with Gasteiger partial charge >= 0.3 is 0 Å². The molecule has 1 aliphatic rings. The molecular formula is C22H13ClF2N2O2. The number of hydrogen-bond donors (Lipinski definition) is 1. The summed E-state index contributed by atoms with van der Waals surface area (Å²) in [6.45, 7) is 0. The van der Waals surface area contributed by atoms with E-state index in [1.165, 1.54) is 42.5 Å². The Labute approximate surface area is 170 Å². The van der Waals surface area contributed by atoms with Crippen LogP contribution in [0, 0.1) is 11.6 Å². The lowest BCUT2D eigenvalue weighted by Gasteiger charge is -2.16. The molecule has 0 spiro atoms. The van der Waals surface area contributed by atoms with Crippen LogP contribution < -0.4 is 10.2 Å². The van der Waals surface area contributed by atoms with Crippen molar-refractivity contribution in [1.82, 2.24) is 0 Å².